The van der Waals surface area contributed by atoms with E-state index >= 15 is 0 Å². The molecule has 2 aromatic rings. The third-order valence-electron chi connectivity index (χ3n) is 2.24. The first-order chi connectivity index (χ1) is 8.70. The summed E-state index contributed by atoms with van der Waals surface area (Å²) in [5, 5.41) is 5.59. The lowest BCUT2D eigenvalue weighted by Gasteiger charge is -2.08. The second-order valence-corrected chi connectivity index (χ2v) is 4.38. The number of amides is 1. The van der Waals surface area contributed by atoms with Crippen LogP contribution >= 0.6 is 15.9 Å². The first-order valence-electron chi connectivity index (χ1n) is 5.26. The number of anilines is 2. The summed E-state index contributed by atoms with van der Waals surface area (Å²) in [4.78, 5) is 20.3. The van der Waals surface area contributed by atoms with Crippen LogP contribution in [-0.2, 0) is 0 Å². The van der Waals surface area contributed by atoms with Gasteiger partial charge in [0.15, 0.2) is 0 Å². The highest BCUT2D eigenvalue weighted by Crippen LogP contribution is 2.18. The van der Waals surface area contributed by atoms with Crippen molar-refractivity contribution in [2.75, 3.05) is 17.7 Å². The molecule has 0 saturated carbocycles. The van der Waals surface area contributed by atoms with E-state index < -0.39 is 0 Å². The van der Waals surface area contributed by atoms with Crippen LogP contribution in [0.2, 0.25) is 0 Å². The molecule has 0 atom stereocenters. The molecule has 0 saturated heterocycles. The monoisotopic (exact) mass is 306 g/mol. The lowest BCUT2D eigenvalue weighted by molar-refractivity contribution is 0.102. The van der Waals surface area contributed by atoms with Gasteiger partial charge in [-0.1, -0.05) is 6.07 Å². The third-order valence-corrected chi connectivity index (χ3v) is 2.68. The maximum absolute atomic E-state index is 12.1. The Bertz CT molecular complexity index is 559. The number of hydrogen-bond donors (Lipinski definition) is 2. The van der Waals surface area contributed by atoms with Gasteiger partial charge in [0.2, 0.25) is 0 Å². The molecule has 0 aliphatic rings. The molecule has 2 rings (SSSR count). The molecule has 0 unspecified atom stereocenters. The van der Waals surface area contributed by atoms with E-state index in [2.05, 4.69) is 36.5 Å². The van der Waals surface area contributed by atoms with Crippen molar-refractivity contribution in [3.8, 4) is 0 Å². The molecule has 0 radical (unpaired) electrons. The minimum Gasteiger partial charge on any atom is -0.372 e. The van der Waals surface area contributed by atoms with Crippen LogP contribution in [-0.4, -0.2) is 22.9 Å². The maximum Gasteiger partial charge on any atom is 0.260 e. The van der Waals surface area contributed by atoms with E-state index in [1.54, 1.807) is 43.7 Å². The van der Waals surface area contributed by atoms with Crippen LogP contribution in [0.25, 0.3) is 0 Å². The number of aromatic nitrogens is 2. The summed E-state index contributed by atoms with van der Waals surface area (Å²) in [6.45, 7) is 0. The molecular weight excluding hydrogens is 296 g/mol. The Morgan fingerprint density at radius 3 is 2.83 bits per heavy atom. The van der Waals surface area contributed by atoms with E-state index in [-0.39, 0.29) is 5.91 Å². The van der Waals surface area contributed by atoms with Gasteiger partial charge in [-0.25, -0.2) is 9.97 Å². The van der Waals surface area contributed by atoms with E-state index in [0.29, 0.717) is 17.2 Å². The minimum atomic E-state index is -0.258. The Kier molecular flexibility index (Phi) is 3.88. The Morgan fingerprint density at radius 2 is 2.17 bits per heavy atom. The Balaban J connectivity index is 2.26. The van der Waals surface area contributed by atoms with Gasteiger partial charge >= 0.3 is 0 Å². The van der Waals surface area contributed by atoms with E-state index in [1.165, 1.54) is 0 Å². The normalized spacial score (nSPS) is 9.89. The van der Waals surface area contributed by atoms with E-state index in [9.17, 15) is 4.79 Å². The van der Waals surface area contributed by atoms with Gasteiger partial charge in [-0.2, -0.15) is 0 Å². The number of halogens is 1. The largest absolute Gasteiger partial charge is 0.372 e. The molecule has 0 aliphatic heterocycles. The van der Waals surface area contributed by atoms with Gasteiger partial charge in [0.05, 0.1) is 5.56 Å². The molecule has 18 heavy (non-hydrogen) atoms. The molecule has 0 bridgehead atoms. The van der Waals surface area contributed by atoms with Gasteiger partial charge in [-0.15, -0.1) is 0 Å². The van der Waals surface area contributed by atoms with Crippen molar-refractivity contribution in [3.05, 3.63) is 46.7 Å². The topological polar surface area (TPSA) is 66.9 Å². The van der Waals surface area contributed by atoms with Gasteiger partial charge in [0.1, 0.15) is 11.6 Å². The number of hydrogen-bond acceptors (Lipinski definition) is 4. The van der Waals surface area contributed by atoms with Crippen molar-refractivity contribution in [1.82, 2.24) is 9.97 Å². The van der Waals surface area contributed by atoms with Crippen LogP contribution in [0.1, 0.15) is 10.4 Å². The summed E-state index contributed by atoms with van der Waals surface area (Å²) in [5.74, 6) is 0.767. The summed E-state index contributed by atoms with van der Waals surface area (Å²) in [5.41, 5.74) is 0.456. The van der Waals surface area contributed by atoms with E-state index in [4.69, 9.17) is 0 Å². The van der Waals surface area contributed by atoms with Gasteiger partial charge in [0.25, 0.3) is 5.91 Å². The van der Waals surface area contributed by atoms with Gasteiger partial charge in [-0.05, 0) is 34.1 Å². The van der Waals surface area contributed by atoms with Crippen molar-refractivity contribution in [2.24, 2.45) is 0 Å². The van der Waals surface area contributed by atoms with Crippen LogP contribution in [0.3, 0.4) is 0 Å². The minimum absolute atomic E-state index is 0.258. The highest BCUT2D eigenvalue weighted by Gasteiger charge is 2.13. The van der Waals surface area contributed by atoms with Crippen LogP contribution in [0.15, 0.2) is 41.1 Å². The van der Waals surface area contributed by atoms with Crippen LogP contribution in [0.4, 0.5) is 11.6 Å². The SMILES string of the molecule is CNc1ncc(Br)cc1C(=O)Nc1ccccn1. The van der Waals surface area contributed by atoms with E-state index in [0.717, 1.165) is 4.47 Å². The quantitative estimate of drug-likeness (QED) is 0.914. The molecule has 6 heteroatoms. The highest BCUT2D eigenvalue weighted by atomic mass is 79.9. The van der Waals surface area contributed by atoms with Gasteiger partial charge in [-0.3, -0.25) is 4.79 Å². The fourth-order valence-electron chi connectivity index (χ4n) is 1.43. The molecule has 0 spiro atoms. The fourth-order valence-corrected chi connectivity index (χ4v) is 1.76. The molecule has 0 aliphatic carbocycles. The van der Waals surface area contributed by atoms with Gasteiger partial charge in [0, 0.05) is 23.9 Å². The predicted octanol–water partition coefficient (Wildman–Crippen LogP) is 2.53. The van der Waals surface area contributed by atoms with Gasteiger partial charge < -0.3 is 10.6 Å². The smallest absolute Gasteiger partial charge is 0.260 e. The number of nitrogens with zero attached hydrogens (tertiary/aromatic N) is 2. The number of carbonyl (C=O) groups excluding carboxylic acids is 1. The number of rotatable bonds is 3. The summed E-state index contributed by atoms with van der Waals surface area (Å²) in [7, 11) is 1.72. The van der Waals surface area contributed by atoms with Crippen LogP contribution in [0, 0.1) is 0 Å². The molecule has 1 amide bonds. The molecule has 2 aromatic heterocycles. The zero-order chi connectivity index (χ0) is 13.0. The maximum atomic E-state index is 12.1. The first-order valence-corrected chi connectivity index (χ1v) is 6.05. The summed E-state index contributed by atoms with van der Waals surface area (Å²) in [6.07, 6.45) is 3.25. The molecule has 92 valence electrons. The lowest BCUT2D eigenvalue weighted by atomic mass is 10.2. The van der Waals surface area contributed by atoms with Crippen molar-refractivity contribution >= 4 is 33.5 Å². The standard InChI is InChI=1S/C12H11BrN4O/c1-14-11-9(6-8(13)7-16-11)12(18)17-10-4-2-3-5-15-10/h2-7H,1H3,(H,14,16)(H,15,17,18). The van der Waals surface area contributed by atoms with Crippen LogP contribution in [0.5, 0.6) is 0 Å². The van der Waals surface area contributed by atoms with Crippen molar-refractivity contribution in [1.29, 1.82) is 0 Å². The number of nitrogens with one attached hydrogen (secondary N) is 2. The lowest BCUT2D eigenvalue weighted by Crippen LogP contribution is -2.15. The molecule has 0 fully saturated rings. The Hall–Kier alpha value is -1.95. The fraction of sp³-hybridized carbons (Fsp3) is 0.0833. The predicted molar refractivity (Wildman–Crippen MR) is 73.7 cm³/mol. The molecule has 5 nitrogen and oxygen atoms in total. The summed E-state index contributed by atoms with van der Waals surface area (Å²) >= 11 is 3.29. The Labute approximate surface area is 113 Å². The van der Waals surface area contributed by atoms with Crippen molar-refractivity contribution in [3.63, 3.8) is 0 Å². The first kappa shape index (κ1) is 12.5. The zero-order valence-electron chi connectivity index (χ0n) is 9.64. The number of pyridine rings is 2. The highest BCUT2D eigenvalue weighted by molar-refractivity contribution is 9.10. The average molecular weight is 307 g/mol. The summed E-state index contributed by atoms with van der Waals surface area (Å²) < 4.78 is 0.743. The summed E-state index contributed by atoms with van der Waals surface area (Å²) in [6, 6.07) is 7.02. The number of carbonyl (C=O) groups is 1. The van der Waals surface area contributed by atoms with Crippen molar-refractivity contribution in [2.45, 2.75) is 0 Å². The molecule has 2 N–H and O–H groups in total. The Morgan fingerprint density at radius 1 is 1.33 bits per heavy atom. The van der Waals surface area contributed by atoms with Crippen LogP contribution < -0.4 is 10.6 Å². The zero-order valence-corrected chi connectivity index (χ0v) is 11.2. The molecular formula is C12H11BrN4O. The van der Waals surface area contributed by atoms with E-state index in [1.807, 2.05) is 0 Å². The third kappa shape index (κ3) is 2.84. The second kappa shape index (κ2) is 5.59. The van der Waals surface area contributed by atoms with Crippen molar-refractivity contribution < 1.29 is 4.79 Å². The second-order valence-electron chi connectivity index (χ2n) is 3.47. The molecule has 2 heterocycles. The average Bonchev–Trinajstić information content (AvgIpc) is 2.40. The molecule has 0 aromatic carbocycles.